The number of nitrogens with zero attached hydrogens (tertiary/aromatic N) is 8. The van der Waals surface area contributed by atoms with Crippen LogP contribution in [0.25, 0.3) is 44.4 Å². The molecule has 4 atom stereocenters. The molecule has 0 radical (unpaired) electrons. The molecule has 8 aromatic heterocycles. The van der Waals surface area contributed by atoms with Crippen LogP contribution in [0.5, 0.6) is 23.0 Å². The number of primary amides is 1. The maximum Gasteiger partial charge on any atom is 0.339 e. The maximum absolute atomic E-state index is 13.2. The summed E-state index contributed by atoms with van der Waals surface area (Å²) in [5.74, 6) is -2.78. The van der Waals surface area contributed by atoms with Crippen molar-refractivity contribution < 1.29 is 118 Å². The van der Waals surface area contributed by atoms with Crippen LogP contribution in [-0.4, -0.2) is 196 Å². The lowest BCUT2D eigenvalue weighted by Crippen LogP contribution is -2.46. The number of carbonyl (C=O) groups excluding carboxylic acids is 16. The smallest absolute Gasteiger partial charge is 0.339 e. The van der Waals surface area contributed by atoms with Gasteiger partial charge in [0.05, 0.1) is 72.4 Å². The van der Waals surface area contributed by atoms with Gasteiger partial charge in [-0.25, -0.2) is 4.79 Å². The first-order valence-corrected chi connectivity index (χ1v) is 42.1. The average Bonchev–Trinajstić information content (AvgIpc) is 1.60. The standard InChI is InChI=1S/C26H23N3O6.C24H21N3O6.C23H19N3O7.C22H18N4O6/c1-34-17-5-4-15-12-29(24(32)18(15)8-17)13-26(10-23(31)28-25(26)33)22-9-19-21(35-22)7-16(11-27-19)20(30)6-14-2-3-14;1-3-18(28)14-6-19-17(25-10-14)8-20(33-19)24(9-21(29)26-23(24)31)12-27-11-13-4-5-15(32-2)7-16(13)22(27)30;1-31-14-4-3-12-10-26(20(28)15(12)6-14)11-23(8-19(27)25-22(23)30)18-7-16-17(33-18)5-13(9-24-16)21(29)32-2;1-31-13-3-2-11-9-26(20(29)14(11)5-13)10-22(7-18(27)25-21(22)30)17-6-15-16(32-17)4-12(8-24-15)19(23)28/h4-5,7-9,11,14H,2-3,6,10,12-13H2,1H3,(H,28,31,33);4-8,10H,3,9,11-12H2,1-2H3,(H,26,29,31);3-7,9H,8,10-11H2,1-2H3,(H,25,27,30);2-6,8H,7,9-10H2,1H3,(H2,23,28)(H,25,27,30)/t26-;24-;23-;22-/m1111/s1. The molecule has 38 nitrogen and oxygen atoms in total. The summed E-state index contributed by atoms with van der Waals surface area (Å²) in [5.41, 5.74) is 9.08. The van der Waals surface area contributed by atoms with Gasteiger partial charge >= 0.3 is 5.97 Å². The van der Waals surface area contributed by atoms with E-state index in [1.165, 1.54) is 87.2 Å². The number of amides is 13. The van der Waals surface area contributed by atoms with Crippen molar-refractivity contribution in [3.63, 3.8) is 0 Å². The molecule has 0 bridgehead atoms. The molecule has 12 aromatic rings. The Morgan fingerprint density at radius 3 is 0.902 bits per heavy atom. The van der Waals surface area contributed by atoms with Gasteiger partial charge in [0.15, 0.2) is 33.9 Å². The van der Waals surface area contributed by atoms with Gasteiger partial charge in [0.25, 0.3) is 23.6 Å². The molecular formula is C95H81N13O25. The number of rotatable bonds is 23. The normalized spacial score (nSPS) is 20.3. The Morgan fingerprint density at radius 2 is 0.647 bits per heavy atom. The molecule has 1 saturated carbocycles. The molecule has 13 amide bonds. The minimum atomic E-state index is -1.43. The molecule has 21 rings (SSSR count). The van der Waals surface area contributed by atoms with Gasteiger partial charge in [0, 0.05) is 148 Å². The Labute approximate surface area is 752 Å². The Balaban J connectivity index is 0.000000119. The quantitative estimate of drug-likeness (QED) is 0.0234. The maximum atomic E-state index is 13.2. The van der Waals surface area contributed by atoms with Crippen molar-refractivity contribution in [1.29, 1.82) is 0 Å². The predicted octanol–water partition coefficient (Wildman–Crippen LogP) is 7.57. The Bertz CT molecular complexity index is 6890. The number of hydrogen-bond acceptors (Lipinski definition) is 29. The number of Topliss-reactive ketones (excluding diaryl/α,β-unsaturated/α-hetero) is 2. The third-order valence-electron chi connectivity index (χ3n) is 25.4. The van der Waals surface area contributed by atoms with Crippen LogP contribution in [-0.2, 0) is 90.9 Å². The number of esters is 1. The Kier molecular flexibility index (Phi) is 22.2. The molecule has 9 aliphatic rings. The molecule has 133 heavy (non-hydrogen) atoms. The number of imide groups is 4. The first-order chi connectivity index (χ1) is 63.8. The van der Waals surface area contributed by atoms with E-state index in [9.17, 15) is 76.7 Å². The molecule has 0 spiro atoms. The van der Waals surface area contributed by atoms with Crippen LogP contribution in [0, 0.1) is 5.92 Å². The first kappa shape index (κ1) is 87.3. The van der Waals surface area contributed by atoms with Gasteiger partial charge in [0.1, 0.15) is 89.8 Å². The van der Waals surface area contributed by atoms with E-state index in [1.54, 1.807) is 109 Å². The fourth-order valence-electron chi connectivity index (χ4n) is 18.1. The van der Waals surface area contributed by atoms with Gasteiger partial charge in [-0.1, -0.05) is 31.2 Å². The fraction of sp³-hybridized carbons (Fsp3) is 0.284. The molecule has 4 aromatic carbocycles. The van der Waals surface area contributed by atoms with Crippen molar-refractivity contribution in [2.45, 2.75) is 106 Å². The van der Waals surface area contributed by atoms with Crippen LogP contribution >= 0.6 is 0 Å². The predicted molar refractivity (Wildman–Crippen MR) is 461 cm³/mol. The number of carbonyl (C=O) groups is 16. The molecule has 4 saturated heterocycles. The van der Waals surface area contributed by atoms with Crippen LogP contribution in [0.3, 0.4) is 0 Å². The Hall–Kier alpha value is -16.4. The van der Waals surface area contributed by atoms with Crippen molar-refractivity contribution in [2.24, 2.45) is 11.7 Å². The molecule has 5 fully saturated rings. The summed E-state index contributed by atoms with van der Waals surface area (Å²) < 4.78 is 49.4. The minimum absolute atomic E-state index is 0.0132. The molecule has 8 aliphatic heterocycles. The third-order valence-corrected chi connectivity index (χ3v) is 25.4. The van der Waals surface area contributed by atoms with Crippen molar-refractivity contribution >= 4 is 139 Å². The zero-order valence-corrected chi connectivity index (χ0v) is 72.1. The summed E-state index contributed by atoms with van der Waals surface area (Å²) in [7, 11) is 7.34. The van der Waals surface area contributed by atoms with Crippen LogP contribution in [0.15, 0.2) is 164 Å². The van der Waals surface area contributed by atoms with Gasteiger partial charge in [-0.05, 0) is 114 Å². The number of ketones is 2. The summed E-state index contributed by atoms with van der Waals surface area (Å²) in [6.45, 7) is 2.72. The lowest BCUT2D eigenvalue weighted by Gasteiger charge is -2.28. The zero-order chi connectivity index (χ0) is 93.6. The number of hydrogen-bond donors (Lipinski definition) is 5. The Morgan fingerprint density at radius 1 is 0.376 bits per heavy atom. The minimum Gasteiger partial charge on any atom is -0.497 e. The average molecular weight is 1800 g/mol. The number of pyridine rings is 4. The number of furan rings is 4. The molecule has 38 heteroatoms. The number of nitrogens with one attached hydrogen (secondary N) is 4. The lowest BCUT2D eigenvalue weighted by atomic mass is 9.82. The van der Waals surface area contributed by atoms with E-state index in [4.69, 9.17) is 47.1 Å². The number of nitrogens with two attached hydrogens (primary N) is 1. The molecule has 16 heterocycles. The summed E-state index contributed by atoms with van der Waals surface area (Å²) in [6.07, 6.45) is 7.93. The number of methoxy groups -OCH3 is 5. The van der Waals surface area contributed by atoms with Crippen molar-refractivity contribution in [3.05, 3.63) is 236 Å². The van der Waals surface area contributed by atoms with Crippen LogP contribution in [0.2, 0.25) is 0 Å². The van der Waals surface area contributed by atoms with Gasteiger partial charge in [-0.15, -0.1) is 0 Å². The van der Waals surface area contributed by atoms with E-state index in [1.807, 2.05) is 12.1 Å². The highest BCUT2D eigenvalue weighted by Gasteiger charge is 2.58. The number of aromatic nitrogens is 4. The van der Waals surface area contributed by atoms with Crippen molar-refractivity contribution in [1.82, 2.24) is 60.8 Å². The monoisotopic (exact) mass is 1800 g/mol. The topological polar surface area (TPSA) is 510 Å². The second-order valence-electron chi connectivity index (χ2n) is 33.9. The van der Waals surface area contributed by atoms with E-state index in [-0.39, 0.29) is 145 Å². The number of benzene rings is 4. The van der Waals surface area contributed by atoms with Crippen LogP contribution in [0.1, 0.15) is 186 Å². The van der Waals surface area contributed by atoms with Crippen LogP contribution < -0.4 is 45.9 Å². The van der Waals surface area contributed by atoms with E-state index < -0.39 is 80.8 Å². The second kappa shape index (κ2) is 33.9. The highest BCUT2D eigenvalue weighted by molar-refractivity contribution is 6.14. The molecule has 6 N–H and O–H groups in total. The molecule has 0 unspecified atom stereocenters. The highest BCUT2D eigenvalue weighted by Crippen LogP contribution is 2.46. The summed E-state index contributed by atoms with van der Waals surface area (Å²) in [4.78, 5) is 225. The fourth-order valence-corrected chi connectivity index (χ4v) is 18.1. The van der Waals surface area contributed by atoms with Gasteiger partial charge in [-0.3, -0.25) is 113 Å². The first-order valence-electron chi connectivity index (χ1n) is 42.1. The highest BCUT2D eigenvalue weighted by atomic mass is 16.5. The van der Waals surface area contributed by atoms with E-state index in [0.29, 0.717) is 121 Å². The van der Waals surface area contributed by atoms with E-state index >= 15 is 0 Å². The van der Waals surface area contributed by atoms with Crippen molar-refractivity contribution in [3.8, 4) is 23.0 Å². The number of fused-ring (bicyclic) bond motifs is 8. The van der Waals surface area contributed by atoms with E-state index in [2.05, 4.69) is 41.2 Å². The van der Waals surface area contributed by atoms with Gasteiger partial charge < -0.3 is 66.7 Å². The van der Waals surface area contributed by atoms with Crippen LogP contribution in [0.4, 0.5) is 0 Å². The third kappa shape index (κ3) is 15.9. The lowest BCUT2D eigenvalue weighted by molar-refractivity contribution is -0.128. The summed E-state index contributed by atoms with van der Waals surface area (Å²) >= 11 is 0. The molecule has 1 aliphatic carbocycles. The molecule has 676 valence electrons. The van der Waals surface area contributed by atoms with Gasteiger partial charge in [0.2, 0.25) is 53.2 Å². The zero-order valence-electron chi connectivity index (χ0n) is 72.1. The summed E-state index contributed by atoms with van der Waals surface area (Å²) in [5, 5.41) is 9.36. The SMILES string of the molecule is CCC(=O)c1cnc2cc([C@]3(CN4Cc5ccc(OC)cc5C4=O)CC(=O)NC3=O)oc2c1.COC(=O)c1cnc2cc([C@]3(CN4Cc5ccc(OC)cc5C4=O)CC(=O)NC3=O)oc2c1.COc1ccc2c(c1)C(=O)N(C[C@@]1(c3cc4ncc(C(=O)CC5CC5)cc4o3)CC(=O)NC1=O)C2.COc1ccc2c(c1)C(=O)N(C[C@@]1(c3cc4ncc(C(N)=O)cc4o3)CC(=O)NC1=O)C2. The largest absolute Gasteiger partial charge is 0.497 e. The summed E-state index contributed by atoms with van der Waals surface area (Å²) in [6, 6.07) is 33.4. The molecular weight excluding hydrogens is 1720 g/mol. The van der Waals surface area contributed by atoms with Crippen molar-refractivity contribution in [2.75, 3.05) is 61.7 Å². The number of ether oxygens (including phenoxy) is 5. The van der Waals surface area contributed by atoms with E-state index in [0.717, 1.165) is 35.1 Å². The van der Waals surface area contributed by atoms with Gasteiger partial charge in [-0.2, -0.15) is 0 Å². The second-order valence-corrected chi connectivity index (χ2v) is 33.9.